The van der Waals surface area contributed by atoms with Crippen molar-refractivity contribution in [1.29, 1.82) is 0 Å². The zero-order chi connectivity index (χ0) is 14.4. The number of rotatable bonds is 5. The second kappa shape index (κ2) is 5.00. The average molecular weight is 322 g/mol. The molecule has 0 radical (unpaired) electrons. The van der Waals surface area contributed by atoms with Gasteiger partial charge in [0, 0.05) is 24.0 Å². The van der Waals surface area contributed by atoms with E-state index in [1.54, 1.807) is 15.9 Å². The fourth-order valence-corrected chi connectivity index (χ4v) is 4.20. The predicted octanol–water partition coefficient (Wildman–Crippen LogP) is 1.27. The summed E-state index contributed by atoms with van der Waals surface area (Å²) in [5.41, 5.74) is 6.65. The smallest absolute Gasteiger partial charge is 0.330 e. The van der Waals surface area contributed by atoms with Crippen LogP contribution < -0.4 is 11.4 Å². The minimum atomic E-state index is -0.138. The Balaban J connectivity index is 1.75. The number of nitrogens with zero attached hydrogens (tertiary/aromatic N) is 4. The van der Waals surface area contributed by atoms with Crippen LogP contribution >= 0.6 is 23.1 Å². The topological polar surface area (TPSA) is 94.0 Å². The molecule has 4 rings (SSSR count). The minimum absolute atomic E-state index is 0.138. The summed E-state index contributed by atoms with van der Waals surface area (Å²) in [5, 5.41) is 10.3. The highest BCUT2D eigenvalue weighted by atomic mass is 32.2. The van der Waals surface area contributed by atoms with Crippen molar-refractivity contribution >= 4 is 28.1 Å². The molecular weight excluding hydrogens is 308 g/mol. The monoisotopic (exact) mass is 322 g/mol. The van der Waals surface area contributed by atoms with Gasteiger partial charge >= 0.3 is 5.69 Å². The fourth-order valence-electron chi connectivity index (χ4n) is 2.36. The molecule has 0 bridgehead atoms. The van der Waals surface area contributed by atoms with Gasteiger partial charge in [0.25, 0.3) is 0 Å². The van der Waals surface area contributed by atoms with E-state index in [9.17, 15) is 4.79 Å². The Morgan fingerprint density at radius 1 is 1.52 bits per heavy atom. The first-order chi connectivity index (χ1) is 10.3. The highest BCUT2D eigenvalue weighted by Crippen LogP contribution is 2.38. The molecular formula is C12H14N6OS2. The Labute approximate surface area is 128 Å². The summed E-state index contributed by atoms with van der Waals surface area (Å²) in [6.45, 7) is 0.563. The number of hydrogen-bond acceptors (Lipinski definition) is 6. The SMILES string of the molecule is NCCc1c(Sc2n[nH]c(=O)n2C2CC2)nc2sccn12. The largest absolute Gasteiger partial charge is 0.344 e. The molecule has 1 aliphatic rings. The molecule has 110 valence electrons. The molecule has 3 N–H and O–H groups in total. The summed E-state index contributed by atoms with van der Waals surface area (Å²) in [7, 11) is 0. The summed E-state index contributed by atoms with van der Waals surface area (Å²) in [6.07, 6.45) is 4.83. The van der Waals surface area contributed by atoms with Crippen LogP contribution in [0.2, 0.25) is 0 Å². The molecule has 0 unspecified atom stereocenters. The quantitative estimate of drug-likeness (QED) is 0.738. The molecule has 3 heterocycles. The Morgan fingerprint density at radius 3 is 3.14 bits per heavy atom. The van der Waals surface area contributed by atoms with Gasteiger partial charge in [0.2, 0.25) is 0 Å². The van der Waals surface area contributed by atoms with Gasteiger partial charge in [-0.25, -0.2) is 14.9 Å². The molecule has 9 heteroatoms. The van der Waals surface area contributed by atoms with Crippen LogP contribution in [0.1, 0.15) is 24.6 Å². The van der Waals surface area contributed by atoms with E-state index in [2.05, 4.69) is 19.6 Å². The summed E-state index contributed by atoms with van der Waals surface area (Å²) >= 11 is 3.03. The van der Waals surface area contributed by atoms with Crippen LogP contribution in [0, 0.1) is 0 Å². The molecule has 21 heavy (non-hydrogen) atoms. The molecule has 0 aromatic carbocycles. The van der Waals surface area contributed by atoms with Crippen molar-refractivity contribution < 1.29 is 0 Å². The van der Waals surface area contributed by atoms with Crippen LogP contribution in [0.15, 0.2) is 26.6 Å². The Hall–Kier alpha value is -1.58. The van der Waals surface area contributed by atoms with E-state index >= 15 is 0 Å². The predicted molar refractivity (Wildman–Crippen MR) is 81.1 cm³/mol. The molecule has 0 atom stereocenters. The first-order valence-electron chi connectivity index (χ1n) is 6.77. The van der Waals surface area contributed by atoms with E-state index in [1.807, 2.05) is 11.6 Å². The molecule has 0 aliphatic heterocycles. The number of aromatic amines is 1. The van der Waals surface area contributed by atoms with Crippen molar-refractivity contribution in [3.63, 3.8) is 0 Å². The number of thiazole rings is 1. The van der Waals surface area contributed by atoms with E-state index in [-0.39, 0.29) is 5.69 Å². The third-order valence-corrected chi connectivity index (χ3v) is 5.22. The molecule has 1 aliphatic carbocycles. The lowest BCUT2D eigenvalue weighted by atomic mass is 10.3. The van der Waals surface area contributed by atoms with Crippen molar-refractivity contribution in [2.45, 2.75) is 35.5 Å². The van der Waals surface area contributed by atoms with Gasteiger partial charge in [-0.2, -0.15) is 0 Å². The summed E-state index contributed by atoms with van der Waals surface area (Å²) in [5.74, 6) is 0. The van der Waals surface area contributed by atoms with Crippen LogP contribution in [0.5, 0.6) is 0 Å². The van der Waals surface area contributed by atoms with Gasteiger partial charge in [0.1, 0.15) is 5.03 Å². The van der Waals surface area contributed by atoms with Gasteiger partial charge in [-0.15, -0.1) is 16.4 Å². The van der Waals surface area contributed by atoms with Gasteiger partial charge < -0.3 is 5.73 Å². The van der Waals surface area contributed by atoms with Crippen molar-refractivity contribution in [2.24, 2.45) is 5.73 Å². The summed E-state index contributed by atoms with van der Waals surface area (Å²) in [6, 6.07) is 0.292. The Morgan fingerprint density at radius 2 is 2.38 bits per heavy atom. The van der Waals surface area contributed by atoms with Crippen LogP contribution in [-0.4, -0.2) is 30.7 Å². The van der Waals surface area contributed by atoms with Crippen LogP contribution in [0.4, 0.5) is 0 Å². The lowest BCUT2D eigenvalue weighted by molar-refractivity contribution is 0.642. The van der Waals surface area contributed by atoms with Gasteiger partial charge in [-0.05, 0) is 31.1 Å². The zero-order valence-electron chi connectivity index (χ0n) is 11.2. The minimum Gasteiger partial charge on any atom is -0.330 e. The second-order valence-electron chi connectivity index (χ2n) is 4.97. The van der Waals surface area contributed by atoms with Gasteiger partial charge in [0.15, 0.2) is 10.1 Å². The third-order valence-electron chi connectivity index (χ3n) is 3.48. The average Bonchev–Trinajstić information content (AvgIpc) is 2.95. The maximum absolute atomic E-state index is 11.8. The number of imidazole rings is 1. The maximum atomic E-state index is 11.8. The van der Waals surface area contributed by atoms with Crippen molar-refractivity contribution in [1.82, 2.24) is 24.1 Å². The molecule has 0 spiro atoms. The Kier molecular flexibility index (Phi) is 3.12. The standard InChI is InChI=1S/C12H14N6OS2/c13-4-3-8-9(14-11-17(8)5-6-20-11)21-12-16-15-10(19)18(12)7-1-2-7/h5-7H,1-4,13H2,(H,15,19). The highest BCUT2D eigenvalue weighted by molar-refractivity contribution is 7.99. The lowest BCUT2D eigenvalue weighted by Crippen LogP contribution is -2.16. The van der Waals surface area contributed by atoms with E-state index in [4.69, 9.17) is 5.73 Å². The number of H-pyrrole nitrogens is 1. The first-order valence-corrected chi connectivity index (χ1v) is 8.47. The van der Waals surface area contributed by atoms with Crippen LogP contribution in [-0.2, 0) is 6.42 Å². The van der Waals surface area contributed by atoms with Crippen molar-refractivity contribution in [2.75, 3.05) is 6.54 Å². The third kappa shape index (κ3) is 2.21. The number of hydrogen-bond donors (Lipinski definition) is 2. The fraction of sp³-hybridized carbons (Fsp3) is 0.417. The van der Waals surface area contributed by atoms with Gasteiger partial charge in [-0.1, -0.05) is 0 Å². The highest BCUT2D eigenvalue weighted by Gasteiger charge is 2.29. The second-order valence-corrected chi connectivity index (χ2v) is 6.80. The zero-order valence-corrected chi connectivity index (χ0v) is 12.8. The van der Waals surface area contributed by atoms with Gasteiger partial charge in [-0.3, -0.25) is 8.97 Å². The number of aromatic nitrogens is 5. The van der Waals surface area contributed by atoms with Crippen molar-refractivity contribution in [3.05, 3.63) is 27.8 Å². The Bertz CT molecular complexity index is 840. The molecule has 1 saturated carbocycles. The summed E-state index contributed by atoms with van der Waals surface area (Å²) < 4.78 is 3.80. The molecule has 1 fully saturated rings. The van der Waals surface area contributed by atoms with Crippen LogP contribution in [0.25, 0.3) is 4.96 Å². The van der Waals surface area contributed by atoms with Gasteiger partial charge in [0.05, 0.1) is 5.69 Å². The first kappa shape index (κ1) is 13.1. The van der Waals surface area contributed by atoms with Crippen molar-refractivity contribution in [3.8, 4) is 0 Å². The molecule has 3 aromatic heterocycles. The number of nitrogens with one attached hydrogen (secondary N) is 1. The van der Waals surface area contributed by atoms with E-state index in [0.29, 0.717) is 17.7 Å². The van der Waals surface area contributed by atoms with E-state index < -0.39 is 0 Å². The number of fused-ring (bicyclic) bond motifs is 1. The normalized spacial score (nSPS) is 15.1. The maximum Gasteiger partial charge on any atom is 0.344 e. The van der Waals surface area contributed by atoms with E-state index in [1.165, 1.54) is 11.8 Å². The molecule has 3 aromatic rings. The molecule has 7 nitrogen and oxygen atoms in total. The lowest BCUT2D eigenvalue weighted by Gasteiger charge is -2.03. The molecule has 0 saturated heterocycles. The van der Waals surface area contributed by atoms with Crippen LogP contribution in [0.3, 0.4) is 0 Å². The van der Waals surface area contributed by atoms with E-state index in [0.717, 1.165) is 34.9 Å². The number of nitrogens with two attached hydrogens (primary N) is 1. The summed E-state index contributed by atoms with van der Waals surface area (Å²) in [4.78, 5) is 17.4. The molecule has 0 amide bonds.